The van der Waals surface area contributed by atoms with Crippen molar-refractivity contribution in [1.82, 2.24) is 5.32 Å². The topological polar surface area (TPSA) is 75.6 Å². The summed E-state index contributed by atoms with van der Waals surface area (Å²) in [5.41, 5.74) is 0.417. The molecule has 0 aromatic heterocycles. The van der Waals surface area contributed by atoms with Crippen molar-refractivity contribution in [3.8, 4) is 5.75 Å². The quantitative estimate of drug-likeness (QED) is 0.832. The van der Waals surface area contributed by atoms with E-state index in [4.69, 9.17) is 9.84 Å². The third-order valence-corrected chi connectivity index (χ3v) is 3.63. The second kappa shape index (κ2) is 7.28. The summed E-state index contributed by atoms with van der Waals surface area (Å²) in [6, 6.07) is 4.64. The van der Waals surface area contributed by atoms with Crippen LogP contribution in [0.5, 0.6) is 5.75 Å². The smallest absolute Gasteiger partial charge is 0.305 e. The Hall–Kier alpha value is -1.56. The van der Waals surface area contributed by atoms with E-state index < -0.39 is 12.0 Å². The summed E-state index contributed by atoms with van der Waals surface area (Å²) < 4.78 is 5.72. The number of carbonyl (C=O) groups excluding carboxylic acids is 1. The van der Waals surface area contributed by atoms with E-state index in [9.17, 15) is 9.59 Å². The Morgan fingerprint density at radius 1 is 1.40 bits per heavy atom. The highest BCUT2D eigenvalue weighted by Gasteiger charge is 2.21. The molecule has 0 fully saturated rings. The van der Waals surface area contributed by atoms with E-state index >= 15 is 0 Å². The minimum absolute atomic E-state index is 0.0273. The number of rotatable bonds is 6. The lowest BCUT2D eigenvalue weighted by atomic mass is 10.0. The van der Waals surface area contributed by atoms with Crippen molar-refractivity contribution in [2.24, 2.45) is 5.92 Å². The van der Waals surface area contributed by atoms with Crippen molar-refractivity contribution >= 4 is 27.8 Å². The van der Waals surface area contributed by atoms with Crippen LogP contribution >= 0.6 is 15.9 Å². The number of amides is 1. The number of halogens is 1. The van der Waals surface area contributed by atoms with E-state index in [1.54, 1.807) is 18.2 Å². The number of carboxylic acids is 1. The molecule has 0 spiro atoms. The molecule has 5 nitrogen and oxygen atoms in total. The summed E-state index contributed by atoms with van der Waals surface area (Å²) in [4.78, 5) is 23.1. The fourth-order valence-corrected chi connectivity index (χ4v) is 2.12. The zero-order valence-corrected chi connectivity index (χ0v) is 13.2. The highest BCUT2D eigenvalue weighted by Crippen LogP contribution is 2.23. The molecule has 1 aromatic carbocycles. The van der Waals surface area contributed by atoms with Crippen LogP contribution in [-0.2, 0) is 4.79 Å². The first-order valence-corrected chi connectivity index (χ1v) is 7.00. The molecule has 0 radical (unpaired) electrons. The second-order valence-electron chi connectivity index (χ2n) is 4.77. The van der Waals surface area contributed by atoms with Crippen molar-refractivity contribution in [3.05, 3.63) is 28.2 Å². The van der Waals surface area contributed by atoms with Gasteiger partial charge >= 0.3 is 5.97 Å². The monoisotopic (exact) mass is 343 g/mol. The number of hydrogen-bond acceptors (Lipinski definition) is 3. The second-order valence-corrected chi connectivity index (χ2v) is 5.62. The lowest BCUT2D eigenvalue weighted by Crippen LogP contribution is -2.40. The molecule has 1 amide bonds. The van der Waals surface area contributed by atoms with Gasteiger partial charge in [-0.2, -0.15) is 0 Å². The van der Waals surface area contributed by atoms with E-state index in [2.05, 4.69) is 21.2 Å². The largest absolute Gasteiger partial charge is 0.497 e. The molecule has 2 N–H and O–H groups in total. The average Bonchev–Trinajstić information content (AvgIpc) is 2.37. The Balaban J connectivity index is 2.91. The molecule has 6 heteroatoms. The maximum atomic E-state index is 12.2. The molecule has 0 aliphatic heterocycles. The van der Waals surface area contributed by atoms with Gasteiger partial charge in [-0.15, -0.1) is 0 Å². The molecule has 20 heavy (non-hydrogen) atoms. The fourth-order valence-electron chi connectivity index (χ4n) is 1.69. The predicted molar refractivity (Wildman–Crippen MR) is 79.0 cm³/mol. The van der Waals surface area contributed by atoms with E-state index in [1.807, 2.05) is 13.8 Å². The van der Waals surface area contributed by atoms with Gasteiger partial charge in [0.25, 0.3) is 5.91 Å². The van der Waals surface area contributed by atoms with Crippen LogP contribution in [0.4, 0.5) is 0 Å². The van der Waals surface area contributed by atoms with Crippen LogP contribution in [0, 0.1) is 5.92 Å². The first-order chi connectivity index (χ1) is 9.35. The van der Waals surface area contributed by atoms with Crippen LogP contribution in [0.1, 0.15) is 30.6 Å². The molecule has 0 bridgehead atoms. The number of hydrogen-bond donors (Lipinski definition) is 2. The molecule has 1 atom stereocenters. The summed E-state index contributed by atoms with van der Waals surface area (Å²) in [6.45, 7) is 3.74. The van der Waals surface area contributed by atoms with Crippen molar-refractivity contribution in [2.75, 3.05) is 7.11 Å². The molecule has 0 aliphatic carbocycles. The highest BCUT2D eigenvalue weighted by atomic mass is 79.9. The van der Waals surface area contributed by atoms with Gasteiger partial charge in [0.05, 0.1) is 19.1 Å². The van der Waals surface area contributed by atoms with Crippen LogP contribution in [-0.4, -0.2) is 30.1 Å². The normalized spacial score (nSPS) is 12.1. The number of methoxy groups -OCH3 is 1. The van der Waals surface area contributed by atoms with Crippen molar-refractivity contribution in [1.29, 1.82) is 0 Å². The first kappa shape index (κ1) is 16.5. The van der Waals surface area contributed by atoms with Crippen LogP contribution in [0.2, 0.25) is 0 Å². The van der Waals surface area contributed by atoms with Crippen molar-refractivity contribution in [3.63, 3.8) is 0 Å². The van der Waals surface area contributed by atoms with Crippen molar-refractivity contribution in [2.45, 2.75) is 26.3 Å². The van der Waals surface area contributed by atoms with E-state index in [-0.39, 0.29) is 18.2 Å². The van der Waals surface area contributed by atoms with Crippen LogP contribution in [0.15, 0.2) is 22.7 Å². The molecule has 1 aromatic rings. The highest BCUT2D eigenvalue weighted by molar-refractivity contribution is 9.10. The summed E-state index contributed by atoms with van der Waals surface area (Å²) in [6.07, 6.45) is -0.106. The van der Waals surface area contributed by atoms with Gasteiger partial charge in [-0.05, 0) is 40.0 Å². The molecular weight excluding hydrogens is 326 g/mol. The average molecular weight is 344 g/mol. The summed E-state index contributed by atoms with van der Waals surface area (Å²) >= 11 is 3.31. The third kappa shape index (κ3) is 4.52. The molecule has 1 rings (SSSR count). The van der Waals surface area contributed by atoms with Gasteiger partial charge in [-0.1, -0.05) is 13.8 Å². The third-order valence-electron chi connectivity index (χ3n) is 2.93. The zero-order chi connectivity index (χ0) is 15.3. The van der Waals surface area contributed by atoms with E-state index in [1.165, 1.54) is 7.11 Å². The van der Waals surface area contributed by atoms with Crippen LogP contribution < -0.4 is 10.1 Å². The van der Waals surface area contributed by atoms with E-state index in [0.717, 1.165) is 0 Å². The Labute approximate surface area is 126 Å². The maximum absolute atomic E-state index is 12.2. The fraction of sp³-hybridized carbons (Fsp3) is 0.429. The van der Waals surface area contributed by atoms with Crippen LogP contribution in [0.3, 0.4) is 0 Å². The van der Waals surface area contributed by atoms with Crippen molar-refractivity contribution < 1.29 is 19.4 Å². The first-order valence-electron chi connectivity index (χ1n) is 6.21. The van der Waals surface area contributed by atoms with Crippen LogP contribution in [0.25, 0.3) is 0 Å². The molecular formula is C14H18BrNO4. The Kier molecular flexibility index (Phi) is 6.01. The lowest BCUT2D eigenvalue weighted by molar-refractivity contribution is -0.137. The SMILES string of the molecule is COc1ccc(Br)c(C(=O)NC(CC(=O)O)C(C)C)c1. The minimum atomic E-state index is -0.936. The van der Waals surface area contributed by atoms with Gasteiger partial charge in [-0.25, -0.2) is 0 Å². The van der Waals surface area contributed by atoms with Gasteiger partial charge in [0.1, 0.15) is 5.75 Å². The Bertz CT molecular complexity index is 502. The lowest BCUT2D eigenvalue weighted by Gasteiger charge is -2.21. The van der Waals surface area contributed by atoms with Gasteiger partial charge in [0.2, 0.25) is 0 Å². The molecule has 0 saturated carbocycles. The zero-order valence-electron chi connectivity index (χ0n) is 11.6. The number of nitrogens with one attached hydrogen (secondary N) is 1. The Morgan fingerprint density at radius 3 is 2.55 bits per heavy atom. The molecule has 0 saturated heterocycles. The molecule has 0 aliphatic rings. The molecule has 1 unspecified atom stereocenters. The van der Waals surface area contributed by atoms with Gasteiger partial charge in [-0.3, -0.25) is 9.59 Å². The van der Waals surface area contributed by atoms with Gasteiger partial charge in [0, 0.05) is 10.5 Å². The van der Waals surface area contributed by atoms with Gasteiger partial charge in [0.15, 0.2) is 0 Å². The molecule has 110 valence electrons. The maximum Gasteiger partial charge on any atom is 0.305 e. The molecule has 0 heterocycles. The predicted octanol–water partition coefficient (Wildman–Crippen LogP) is 2.69. The van der Waals surface area contributed by atoms with Gasteiger partial charge < -0.3 is 15.2 Å². The number of benzene rings is 1. The van der Waals surface area contributed by atoms with E-state index in [0.29, 0.717) is 15.8 Å². The Morgan fingerprint density at radius 2 is 2.05 bits per heavy atom. The number of carboxylic acid groups (broad SMARTS) is 1. The number of aliphatic carboxylic acids is 1. The summed E-state index contributed by atoms with van der Waals surface area (Å²) in [7, 11) is 1.52. The standard InChI is InChI=1S/C14H18BrNO4/c1-8(2)12(7-13(17)18)16-14(19)10-6-9(20-3)4-5-11(10)15/h4-6,8,12H,7H2,1-3H3,(H,16,19)(H,17,18). The summed E-state index contributed by atoms with van der Waals surface area (Å²) in [5, 5.41) is 11.6. The number of ether oxygens (including phenoxy) is 1. The summed E-state index contributed by atoms with van der Waals surface area (Å²) in [5.74, 6) is -0.665. The minimum Gasteiger partial charge on any atom is -0.497 e. The number of carbonyl (C=O) groups is 2.